The number of carbonyl (C=O) groups excluding carboxylic acids is 2. The van der Waals surface area contributed by atoms with Crippen LogP contribution in [-0.2, 0) is 7.05 Å². The Hall–Kier alpha value is -4.47. The minimum Gasteiger partial charge on any atom is -0.494 e. The molecule has 0 spiro atoms. The second-order valence-electron chi connectivity index (χ2n) is 8.94. The summed E-state index contributed by atoms with van der Waals surface area (Å²) >= 11 is 0. The van der Waals surface area contributed by atoms with Gasteiger partial charge in [0.05, 0.1) is 30.6 Å². The molecule has 0 saturated carbocycles. The lowest BCUT2D eigenvalue weighted by Crippen LogP contribution is -2.50. The molecule has 0 aliphatic heterocycles. The number of aryl methyl sites for hydroxylation is 1. The van der Waals surface area contributed by atoms with Gasteiger partial charge in [-0.15, -0.1) is 16.6 Å². The van der Waals surface area contributed by atoms with Gasteiger partial charge in [0, 0.05) is 20.2 Å². The number of carbonyl (C=O) groups is 2. The van der Waals surface area contributed by atoms with Crippen molar-refractivity contribution < 1.29 is 14.3 Å². The predicted octanol–water partition coefficient (Wildman–Crippen LogP) is -1.64. The Bertz CT molecular complexity index is 1320. The van der Waals surface area contributed by atoms with Gasteiger partial charge in [-0.2, -0.15) is 5.10 Å². The zero-order chi connectivity index (χ0) is 26.5. The molecule has 1 aromatic carbocycles. The highest BCUT2D eigenvalue weighted by Crippen LogP contribution is 2.37. The largest absolute Gasteiger partial charge is 0.494 e. The van der Waals surface area contributed by atoms with Crippen molar-refractivity contribution >= 4 is 52.7 Å². The van der Waals surface area contributed by atoms with E-state index in [-0.39, 0.29) is 18.1 Å². The first-order chi connectivity index (χ1) is 17.0. The van der Waals surface area contributed by atoms with Gasteiger partial charge < -0.3 is 20.3 Å². The van der Waals surface area contributed by atoms with E-state index in [0.29, 0.717) is 28.5 Å². The Morgan fingerprint density at radius 2 is 2.00 bits per heavy atom. The third-order valence-corrected chi connectivity index (χ3v) is 4.74. The molecule has 3 aromatic rings. The van der Waals surface area contributed by atoms with Crippen molar-refractivity contribution in [2.75, 3.05) is 31.3 Å². The SMILES string of the molecule is BC(B)(B)NC(=O)c1nnc(NC(=O)N(C)CC#C)cc1Nc1cccc(-c2ncn(C)n2)c1OC. The maximum atomic E-state index is 13.0. The van der Waals surface area contributed by atoms with Crippen molar-refractivity contribution in [3.8, 4) is 29.5 Å². The molecule has 12 nitrogen and oxygen atoms in total. The molecule has 0 aliphatic carbocycles. The third kappa shape index (κ3) is 6.35. The van der Waals surface area contributed by atoms with E-state index in [2.05, 4.69) is 42.2 Å². The molecule has 0 radical (unpaired) electrons. The first-order valence-corrected chi connectivity index (χ1v) is 11.0. The summed E-state index contributed by atoms with van der Waals surface area (Å²) in [4.78, 5) is 31.0. The van der Waals surface area contributed by atoms with E-state index in [1.54, 1.807) is 37.2 Å². The van der Waals surface area contributed by atoms with Gasteiger partial charge in [-0.05, 0) is 17.4 Å². The number of nitrogens with zero attached hydrogens (tertiary/aromatic N) is 6. The molecule has 182 valence electrons. The molecule has 3 amide bonds. The average molecular weight is 485 g/mol. The minimum absolute atomic E-state index is 0.0309. The molecule has 2 heterocycles. The number of rotatable bonds is 8. The Labute approximate surface area is 211 Å². The van der Waals surface area contributed by atoms with Crippen molar-refractivity contribution in [3.63, 3.8) is 0 Å². The van der Waals surface area contributed by atoms with Gasteiger partial charge in [-0.3, -0.25) is 14.8 Å². The van der Waals surface area contributed by atoms with Crippen molar-refractivity contribution in [3.05, 3.63) is 36.3 Å². The third-order valence-electron chi connectivity index (χ3n) is 4.74. The van der Waals surface area contributed by atoms with E-state index in [4.69, 9.17) is 11.2 Å². The van der Waals surface area contributed by atoms with Crippen LogP contribution in [0.4, 0.5) is 22.0 Å². The Balaban J connectivity index is 2.04. The number of amides is 3. The summed E-state index contributed by atoms with van der Waals surface area (Å²) in [5.41, 5.74) is 1.51. The number of para-hydroxylation sites is 1. The predicted molar refractivity (Wildman–Crippen MR) is 145 cm³/mol. The maximum absolute atomic E-state index is 13.0. The van der Waals surface area contributed by atoms with Crippen LogP contribution in [0.3, 0.4) is 0 Å². The van der Waals surface area contributed by atoms with Gasteiger partial charge in [0.25, 0.3) is 5.91 Å². The normalized spacial score (nSPS) is 10.7. The van der Waals surface area contributed by atoms with Gasteiger partial charge in [-0.1, -0.05) is 12.0 Å². The summed E-state index contributed by atoms with van der Waals surface area (Å²) in [5.74, 6) is 3.01. The number of hydrogen-bond acceptors (Lipinski definition) is 8. The molecule has 15 heteroatoms. The lowest BCUT2D eigenvalue weighted by molar-refractivity contribution is 0.0947. The zero-order valence-corrected chi connectivity index (χ0v) is 21.1. The second-order valence-corrected chi connectivity index (χ2v) is 8.94. The topological polar surface area (TPSA) is 139 Å². The summed E-state index contributed by atoms with van der Waals surface area (Å²) < 4.78 is 7.25. The number of urea groups is 1. The van der Waals surface area contributed by atoms with Crippen LogP contribution < -0.4 is 20.7 Å². The highest BCUT2D eigenvalue weighted by molar-refractivity contribution is 6.60. The van der Waals surface area contributed by atoms with Crippen LogP contribution in [0.1, 0.15) is 10.5 Å². The molecule has 3 N–H and O–H groups in total. The first-order valence-electron chi connectivity index (χ1n) is 11.0. The average Bonchev–Trinajstić information content (AvgIpc) is 3.24. The minimum atomic E-state index is -0.511. The van der Waals surface area contributed by atoms with Gasteiger partial charge in [0.2, 0.25) is 0 Å². The Morgan fingerprint density at radius 3 is 2.61 bits per heavy atom. The summed E-state index contributed by atoms with van der Waals surface area (Å²) in [6, 6.07) is 6.44. The van der Waals surface area contributed by atoms with Crippen LogP contribution in [0.5, 0.6) is 5.75 Å². The van der Waals surface area contributed by atoms with Crippen LogP contribution in [0, 0.1) is 12.3 Å². The molecule has 0 saturated heterocycles. The van der Waals surface area contributed by atoms with Gasteiger partial charge in [0.15, 0.2) is 23.1 Å². The lowest BCUT2D eigenvalue weighted by atomic mass is 9.49. The van der Waals surface area contributed by atoms with E-state index in [1.807, 2.05) is 29.6 Å². The molecule has 2 aromatic heterocycles. The summed E-state index contributed by atoms with van der Waals surface area (Å²) in [7, 11) is 10.4. The number of benzene rings is 1. The lowest BCUT2D eigenvalue weighted by Gasteiger charge is -2.22. The fourth-order valence-electron chi connectivity index (χ4n) is 3.17. The number of hydrogen-bond donors (Lipinski definition) is 3. The molecule has 0 aliphatic rings. The number of anilines is 3. The highest BCUT2D eigenvalue weighted by Gasteiger charge is 2.23. The van der Waals surface area contributed by atoms with E-state index >= 15 is 0 Å². The number of ether oxygens (including phenoxy) is 1. The molecule has 0 bridgehead atoms. The van der Waals surface area contributed by atoms with Crippen LogP contribution >= 0.6 is 0 Å². The highest BCUT2D eigenvalue weighted by atomic mass is 16.5. The fourth-order valence-corrected chi connectivity index (χ4v) is 3.17. The van der Waals surface area contributed by atoms with Crippen LogP contribution in [0.2, 0.25) is 0 Å². The van der Waals surface area contributed by atoms with E-state index < -0.39 is 17.2 Å². The molecule has 0 fully saturated rings. The molecule has 36 heavy (non-hydrogen) atoms. The van der Waals surface area contributed by atoms with Gasteiger partial charge in [0.1, 0.15) is 29.9 Å². The second kappa shape index (κ2) is 10.9. The van der Waals surface area contributed by atoms with Crippen LogP contribution in [-0.4, -0.2) is 91.3 Å². The van der Waals surface area contributed by atoms with Gasteiger partial charge in [-0.25, -0.2) is 9.78 Å². The number of terminal acetylenes is 1. The molecule has 3 rings (SSSR count). The van der Waals surface area contributed by atoms with E-state index in [0.717, 1.165) is 0 Å². The van der Waals surface area contributed by atoms with Crippen molar-refractivity contribution in [1.82, 2.24) is 35.2 Å². The summed E-state index contributed by atoms with van der Waals surface area (Å²) in [6.45, 7) is 0.113. The maximum Gasteiger partial charge on any atom is 0.323 e. The molecule has 0 atom stereocenters. The standard InChI is InChI=1S/C21H26B3N9O3/c1-5-9-32(2)20(35)27-15-10-14(16(30-29-15)19(34)28-21(22,23)24)26-13-8-6-7-12(17(13)36-4)18-25-11-33(3)31-18/h1,6-8,10-11H,9,22-24H2,2-4H3,(H,28,34)(H2,26,27,29,35). The summed E-state index contributed by atoms with van der Waals surface area (Å²) in [5, 5.41) is 20.6. The van der Waals surface area contributed by atoms with E-state index in [9.17, 15) is 9.59 Å². The quantitative estimate of drug-likeness (QED) is 0.255. The fraction of sp³-hybridized carbons (Fsp3) is 0.238. The molecular weight excluding hydrogens is 459 g/mol. The monoisotopic (exact) mass is 485 g/mol. The number of methoxy groups -OCH3 is 1. The number of aromatic nitrogens is 5. The van der Waals surface area contributed by atoms with Crippen LogP contribution in [0.15, 0.2) is 30.6 Å². The van der Waals surface area contributed by atoms with Gasteiger partial charge >= 0.3 is 6.03 Å². The first kappa shape index (κ1) is 26.1. The van der Waals surface area contributed by atoms with Crippen LogP contribution in [0.25, 0.3) is 11.4 Å². The molecule has 0 unspecified atom stereocenters. The summed E-state index contributed by atoms with van der Waals surface area (Å²) in [6.07, 6.45) is 6.87. The Morgan fingerprint density at radius 1 is 1.25 bits per heavy atom. The van der Waals surface area contributed by atoms with Crippen molar-refractivity contribution in [2.24, 2.45) is 7.05 Å². The van der Waals surface area contributed by atoms with E-state index in [1.165, 1.54) is 18.1 Å². The van der Waals surface area contributed by atoms with Crippen molar-refractivity contribution in [1.29, 1.82) is 0 Å². The Kier molecular flexibility index (Phi) is 7.88. The molecular formula is C21H26B3N9O3. The number of nitrogens with one attached hydrogen (secondary N) is 3. The zero-order valence-electron chi connectivity index (χ0n) is 21.1. The van der Waals surface area contributed by atoms with Crippen molar-refractivity contribution in [2.45, 2.75) is 5.24 Å². The smallest absolute Gasteiger partial charge is 0.323 e.